The standard InChI is InChI=1S/C11H13NO4/c1-5-4-7-6(2-3-16-7)8(10(5)13)9(12)11(14)15/h4,9,13H,2-3,12H2,1H3,(H,14,15). The minimum absolute atomic E-state index is 0.0425. The molecule has 0 bridgehead atoms. The Morgan fingerprint density at radius 1 is 1.62 bits per heavy atom. The number of carbonyl (C=O) groups is 1. The second-order valence-electron chi connectivity index (χ2n) is 3.85. The molecule has 5 heteroatoms. The zero-order valence-corrected chi connectivity index (χ0v) is 8.86. The molecule has 0 aromatic heterocycles. The monoisotopic (exact) mass is 223 g/mol. The fraction of sp³-hybridized carbons (Fsp3) is 0.364. The van der Waals surface area contributed by atoms with Crippen LogP contribution in [0.4, 0.5) is 0 Å². The third-order valence-corrected chi connectivity index (χ3v) is 2.79. The van der Waals surface area contributed by atoms with Gasteiger partial charge in [0.1, 0.15) is 17.5 Å². The van der Waals surface area contributed by atoms with Crippen LogP contribution >= 0.6 is 0 Å². The number of phenolic OH excluding ortho intramolecular Hbond substituents is 1. The summed E-state index contributed by atoms with van der Waals surface area (Å²) in [6, 6.07) is 0.491. The first-order valence-electron chi connectivity index (χ1n) is 4.99. The summed E-state index contributed by atoms with van der Waals surface area (Å²) in [5, 5.41) is 18.8. The minimum Gasteiger partial charge on any atom is -0.507 e. The van der Waals surface area contributed by atoms with Gasteiger partial charge in [-0.15, -0.1) is 0 Å². The molecule has 0 amide bonds. The molecule has 0 fully saturated rings. The number of nitrogens with two attached hydrogens (primary N) is 1. The molecule has 0 saturated heterocycles. The second-order valence-corrected chi connectivity index (χ2v) is 3.85. The fourth-order valence-corrected chi connectivity index (χ4v) is 1.95. The molecule has 0 saturated carbocycles. The van der Waals surface area contributed by atoms with E-state index >= 15 is 0 Å². The number of phenols is 1. The number of aromatic hydroxyl groups is 1. The predicted octanol–water partition coefficient (Wildman–Crippen LogP) is 0.720. The van der Waals surface area contributed by atoms with Crippen LogP contribution < -0.4 is 10.5 Å². The molecule has 0 aliphatic carbocycles. The summed E-state index contributed by atoms with van der Waals surface area (Å²) in [5.41, 5.74) is 7.13. The van der Waals surface area contributed by atoms with Gasteiger partial charge < -0.3 is 20.7 Å². The van der Waals surface area contributed by atoms with Gasteiger partial charge in [0.2, 0.25) is 0 Å². The molecule has 1 aliphatic heterocycles. The van der Waals surface area contributed by atoms with Crippen LogP contribution in [0.15, 0.2) is 6.07 Å². The first-order valence-corrected chi connectivity index (χ1v) is 4.99. The number of hydrogen-bond donors (Lipinski definition) is 3. The molecule has 0 spiro atoms. The lowest BCUT2D eigenvalue weighted by Crippen LogP contribution is -2.22. The van der Waals surface area contributed by atoms with Gasteiger partial charge in [-0.2, -0.15) is 0 Å². The predicted molar refractivity (Wildman–Crippen MR) is 56.6 cm³/mol. The molecule has 1 aromatic carbocycles. The average Bonchev–Trinajstić information content (AvgIpc) is 2.66. The number of ether oxygens (including phenoxy) is 1. The van der Waals surface area contributed by atoms with Gasteiger partial charge in [-0.05, 0) is 18.6 Å². The third kappa shape index (κ3) is 1.49. The van der Waals surface area contributed by atoms with E-state index in [9.17, 15) is 9.90 Å². The summed E-state index contributed by atoms with van der Waals surface area (Å²) >= 11 is 0. The van der Waals surface area contributed by atoms with Crippen molar-refractivity contribution in [2.45, 2.75) is 19.4 Å². The quantitative estimate of drug-likeness (QED) is 0.687. The first-order chi connectivity index (χ1) is 7.52. The Morgan fingerprint density at radius 2 is 2.31 bits per heavy atom. The Kier molecular flexibility index (Phi) is 2.47. The van der Waals surface area contributed by atoms with Crippen molar-refractivity contribution >= 4 is 5.97 Å². The lowest BCUT2D eigenvalue weighted by atomic mass is 9.95. The summed E-state index contributed by atoms with van der Waals surface area (Å²) in [7, 11) is 0. The van der Waals surface area contributed by atoms with Gasteiger partial charge in [0.15, 0.2) is 0 Å². The largest absolute Gasteiger partial charge is 0.507 e. The molecule has 86 valence electrons. The minimum atomic E-state index is -1.21. The van der Waals surface area contributed by atoms with Crippen molar-refractivity contribution in [3.8, 4) is 11.5 Å². The second kappa shape index (κ2) is 3.68. The van der Waals surface area contributed by atoms with Crippen LogP contribution in [0.25, 0.3) is 0 Å². The van der Waals surface area contributed by atoms with Gasteiger partial charge in [-0.25, -0.2) is 0 Å². The first kappa shape index (κ1) is 10.8. The van der Waals surface area contributed by atoms with Crippen LogP contribution in [0.1, 0.15) is 22.7 Å². The van der Waals surface area contributed by atoms with Crippen LogP contribution in [0.3, 0.4) is 0 Å². The van der Waals surface area contributed by atoms with Gasteiger partial charge in [-0.1, -0.05) is 0 Å². The smallest absolute Gasteiger partial charge is 0.325 e. The molecule has 2 rings (SSSR count). The lowest BCUT2D eigenvalue weighted by Gasteiger charge is -2.15. The Morgan fingerprint density at radius 3 is 2.94 bits per heavy atom. The van der Waals surface area contributed by atoms with Gasteiger partial charge >= 0.3 is 5.97 Å². The molecule has 1 heterocycles. The van der Waals surface area contributed by atoms with Crippen LogP contribution in [0.2, 0.25) is 0 Å². The van der Waals surface area contributed by atoms with E-state index in [2.05, 4.69) is 0 Å². The van der Waals surface area contributed by atoms with E-state index in [1.807, 2.05) is 0 Å². The van der Waals surface area contributed by atoms with Crippen molar-refractivity contribution in [3.05, 3.63) is 22.8 Å². The van der Waals surface area contributed by atoms with Crippen molar-refractivity contribution in [3.63, 3.8) is 0 Å². The SMILES string of the molecule is Cc1cc2c(c(C(N)C(=O)O)c1O)CCO2. The Hall–Kier alpha value is -1.75. The van der Waals surface area contributed by atoms with Crippen LogP contribution in [0, 0.1) is 6.92 Å². The topological polar surface area (TPSA) is 92.8 Å². The number of benzene rings is 1. The number of rotatable bonds is 2. The maximum Gasteiger partial charge on any atom is 0.325 e. The molecule has 1 atom stereocenters. The highest BCUT2D eigenvalue weighted by molar-refractivity contribution is 5.78. The van der Waals surface area contributed by atoms with Crippen LogP contribution in [-0.4, -0.2) is 22.8 Å². The fourth-order valence-electron chi connectivity index (χ4n) is 1.95. The number of hydrogen-bond acceptors (Lipinski definition) is 4. The molecule has 1 unspecified atom stereocenters. The number of fused-ring (bicyclic) bond motifs is 1. The van der Waals surface area contributed by atoms with Crippen molar-refractivity contribution in [2.75, 3.05) is 6.61 Å². The van der Waals surface area contributed by atoms with Crippen LogP contribution in [-0.2, 0) is 11.2 Å². The van der Waals surface area contributed by atoms with Crippen molar-refractivity contribution < 1.29 is 19.7 Å². The summed E-state index contributed by atoms with van der Waals surface area (Å²) in [5.74, 6) is -0.573. The van der Waals surface area contributed by atoms with Gasteiger partial charge in [0.25, 0.3) is 0 Å². The van der Waals surface area contributed by atoms with E-state index in [0.29, 0.717) is 29.9 Å². The number of aliphatic carboxylic acids is 1. The normalized spacial score (nSPS) is 15.4. The maximum absolute atomic E-state index is 10.9. The van der Waals surface area contributed by atoms with E-state index in [0.717, 1.165) is 0 Å². The van der Waals surface area contributed by atoms with Gasteiger partial charge in [0, 0.05) is 17.5 Å². The molecule has 1 aromatic rings. The van der Waals surface area contributed by atoms with E-state index in [-0.39, 0.29) is 11.3 Å². The maximum atomic E-state index is 10.9. The summed E-state index contributed by atoms with van der Waals surface area (Å²) in [6.07, 6.45) is 0.583. The summed E-state index contributed by atoms with van der Waals surface area (Å²) in [6.45, 7) is 2.19. The van der Waals surface area contributed by atoms with E-state index < -0.39 is 12.0 Å². The Balaban J connectivity index is 2.63. The molecule has 16 heavy (non-hydrogen) atoms. The number of carboxylic acid groups (broad SMARTS) is 1. The van der Waals surface area contributed by atoms with E-state index in [1.54, 1.807) is 13.0 Å². The van der Waals surface area contributed by atoms with Crippen LogP contribution in [0.5, 0.6) is 11.5 Å². The zero-order chi connectivity index (χ0) is 11.9. The Labute approximate surface area is 92.5 Å². The van der Waals surface area contributed by atoms with E-state index in [4.69, 9.17) is 15.6 Å². The third-order valence-electron chi connectivity index (χ3n) is 2.79. The molecule has 5 nitrogen and oxygen atoms in total. The van der Waals surface area contributed by atoms with Gasteiger partial charge in [0.05, 0.1) is 6.61 Å². The highest BCUT2D eigenvalue weighted by Crippen LogP contribution is 2.39. The summed E-state index contributed by atoms with van der Waals surface area (Å²) in [4.78, 5) is 10.9. The van der Waals surface area contributed by atoms with Crippen molar-refractivity contribution in [2.24, 2.45) is 5.73 Å². The molecular weight excluding hydrogens is 210 g/mol. The van der Waals surface area contributed by atoms with Crippen molar-refractivity contribution in [1.29, 1.82) is 0 Å². The van der Waals surface area contributed by atoms with Gasteiger partial charge in [-0.3, -0.25) is 4.79 Å². The zero-order valence-electron chi connectivity index (χ0n) is 8.86. The number of aryl methyl sites for hydroxylation is 1. The molecule has 0 radical (unpaired) electrons. The average molecular weight is 223 g/mol. The summed E-state index contributed by atoms with van der Waals surface area (Å²) < 4.78 is 5.35. The lowest BCUT2D eigenvalue weighted by molar-refractivity contribution is -0.138. The molecule has 1 aliphatic rings. The molecule has 4 N–H and O–H groups in total. The Bertz CT molecular complexity index is 456. The van der Waals surface area contributed by atoms with Crippen molar-refractivity contribution in [1.82, 2.24) is 0 Å². The number of carboxylic acids is 1. The molecular formula is C11H13NO4. The highest BCUT2D eigenvalue weighted by atomic mass is 16.5. The highest BCUT2D eigenvalue weighted by Gasteiger charge is 2.28. The van der Waals surface area contributed by atoms with E-state index in [1.165, 1.54) is 0 Å².